The molecule has 2 unspecified atom stereocenters. The summed E-state index contributed by atoms with van der Waals surface area (Å²) < 4.78 is 0. The number of piperidine rings is 1. The predicted molar refractivity (Wildman–Crippen MR) is 67.3 cm³/mol. The van der Waals surface area contributed by atoms with Crippen LogP contribution in [0.2, 0.25) is 0 Å². The number of carbonyl (C=O) groups is 1. The number of hydrogen-bond acceptors (Lipinski definition) is 3. The molecule has 1 saturated heterocycles. The van der Waals surface area contributed by atoms with Gasteiger partial charge in [-0.05, 0) is 12.0 Å². The van der Waals surface area contributed by atoms with Gasteiger partial charge < -0.3 is 20.4 Å². The van der Waals surface area contributed by atoms with E-state index < -0.39 is 12.2 Å². The molecule has 1 amide bonds. The van der Waals surface area contributed by atoms with Crippen LogP contribution in [0.5, 0.6) is 0 Å². The van der Waals surface area contributed by atoms with E-state index in [2.05, 4.69) is 5.32 Å². The van der Waals surface area contributed by atoms with Gasteiger partial charge >= 0.3 is 6.09 Å². The molecule has 5 heteroatoms. The van der Waals surface area contributed by atoms with Crippen LogP contribution < -0.4 is 5.32 Å². The molecule has 3 N–H and O–H groups in total. The average Bonchev–Trinajstić information content (AvgIpc) is 2.38. The second-order valence-corrected chi connectivity index (χ2v) is 4.56. The van der Waals surface area contributed by atoms with Gasteiger partial charge in [-0.15, -0.1) is 0 Å². The number of carboxylic acid groups (broad SMARTS) is 1. The number of likely N-dealkylation sites (tertiary alicyclic amines) is 1. The second-order valence-electron chi connectivity index (χ2n) is 4.56. The maximum atomic E-state index is 10.8. The summed E-state index contributed by atoms with van der Waals surface area (Å²) in [5, 5.41) is 22.0. The zero-order chi connectivity index (χ0) is 13.0. The van der Waals surface area contributed by atoms with E-state index in [9.17, 15) is 9.90 Å². The van der Waals surface area contributed by atoms with E-state index in [4.69, 9.17) is 5.11 Å². The molecule has 0 bridgehead atoms. The Balaban J connectivity index is 1.83. The fraction of sp³-hybridized carbons (Fsp3) is 0.462. The summed E-state index contributed by atoms with van der Waals surface area (Å²) in [4.78, 5) is 12.0. The van der Waals surface area contributed by atoms with Gasteiger partial charge in [-0.25, -0.2) is 4.79 Å². The highest BCUT2D eigenvalue weighted by molar-refractivity contribution is 5.65. The lowest BCUT2D eigenvalue weighted by molar-refractivity contribution is 0.0407. The van der Waals surface area contributed by atoms with Gasteiger partial charge in [-0.1, -0.05) is 30.3 Å². The van der Waals surface area contributed by atoms with E-state index in [0.717, 1.165) is 5.56 Å². The standard InChI is InChI=1S/C13H18N2O3/c16-12-9-15(13(17)18)7-6-11(12)14-8-10-4-2-1-3-5-10/h1-5,11-12,14,16H,6-9H2,(H,17,18). The number of β-amino-alcohol motifs (C(OH)–C–C–N with tert-alkyl or cyclic N) is 1. The van der Waals surface area contributed by atoms with E-state index in [1.165, 1.54) is 4.90 Å². The highest BCUT2D eigenvalue weighted by Gasteiger charge is 2.29. The van der Waals surface area contributed by atoms with Gasteiger partial charge in [0.15, 0.2) is 0 Å². The van der Waals surface area contributed by atoms with Gasteiger partial charge in [0.05, 0.1) is 12.6 Å². The van der Waals surface area contributed by atoms with Gasteiger partial charge in [0.25, 0.3) is 0 Å². The van der Waals surface area contributed by atoms with Gasteiger partial charge in [-0.3, -0.25) is 0 Å². The second kappa shape index (κ2) is 5.84. The van der Waals surface area contributed by atoms with Crippen LogP contribution in [0.1, 0.15) is 12.0 Å². The van der Waals surface area contributed by atoms with Crippen molar-refractivity contribution in [3.05, 3.63) is 35.9 Å². The fourth-order valence-corrected chi connectivity index (χ4v) is 2.19. The van der Waals surface area contributed by atoms with Crippen LogP contribution >= 0.6 is 0 Å². The zero-order valence-electron chi connectivity index (χ0n) is 10.1. The lowest BCUT2D eigenvalue weighted by Crippen LogP contribution is -2.53. The van der Waals surface area contributed by atoms with Crippen molar-refractivity contribution < 1.29 is 15.0 Å². The zero-order valence-corrected chi connectivity index (χ0v) is 10.1. The summed E-state index contributed by atoms with van der Waals surface area (Å²) in [7, 11) is 0. The van der Waals surface area contributed by atoms with Crippen molar-refractivity contribution in [1.29, 1.82) is 0 Å². The Morgan fingerprint density at radius 1 is 1.39 bits per heavy atom. The molecule has 2 atom stereocenters. The first-order chi connectivity index (χ1) is 8.66. The molecule has 1 aromatic rings. The molecule has 0 saturated carbocycles. The van der Waals surface area contributed by atoms with Gasteiger partial charge in [0.2, 0.25) is 0 Å². The number of benzene rings is 1. The SMILES string of the molecule is O=C(O)N1CCC(NCc2ccccc2)C(O)C1. The molecule has 98 valence electrons. The molecular weight excluding hydrogens is 232 g/mol. The van der Waals surface area contributed by atoms with Crippen molar-refractivity contribution in [2.45, 2.75) is 25.1 Å². The number of nitrogens with one attached hydrogen (secondary N) is 1. The van der Waals surface area contributed by atoms with E-state index in [-0.39, 0.29) is 12.6 Å². The molecule has 0 radical (unpaired) electrons. The molecule has 1 aliphatic heterocycles. The Labute approximate surface area is 106 Å². The van der Waals surface area contributed by atoms with Gasteiger partial charge in [-0.2, -0.15) is 0 Å². The summed E-state index contributed by atoms with van der Waals surface area (Å²) in [6, 6.07) is 9.91. The number of amides is 1. The lowest BCUT2D eigenvalue weighted by atomic mass is 10.0. The summed E-state index contributed by atoms with van der Waals surface area (Å²) >= 11 is 0. The lowest BCUT2D eigenvalue weighted by Gasteiger charge is -2.34. The molecule has 1 fully saturated rings. The van der Waals surface area contributed by atoms with E-state index >= 15 is 0 Å². The monoisotopic (exact) mass is 250 g/mol. The first kappa shape index (κ1) is 12.9. The van der Waals surface area contributed by atoms with Crippen LogP contribution in [0.4, 0.5) is 4.79 Å². The highest BCUT2D eigenvalue weighted by atomic mass is 16.4. The minimum atomic E-state index is -0.962. The first-order valence-electron chi connectivity index (χ1n) is 6.10. The largest absolute Gasteiger partial charge is 0.465 e. The van der Waals surface area contributed by atoms with Crippen molar-refractivity contribution in [1.82, 2.24) is 10.2 Å². The van der Waals surface area contributed by atoms with Crippen LogP contribution in [0.25, 0.3) is 0 Å². The molecule has 2 rings (SSSR count). The third kappa shape index (κ3) is 3.21. The van der Waals surface area contributed by atoms with Gasteiger partial charge in [0, 0.05) is 19.1 Å². The van der Waals surface area contributed by atoms with E-state index in [1.807, 2.05) is 30.3 Å². The Morgan fingerprint density at radius 2 is 2.11 bits per heavy atom. The number of aliphatic hydroxyl groups is 1. The van der Waals surface area contributed by atoms with Crippen LogP contribution in [0.15, 0.2) is 30.3 Å². The van der Waals surface area contributed by atoms with Crippen molar-refractivity contribution in [2.24, 2.45) is 0 Å². The quantitative estimate of drug-likeness (QED) is 0.745. The maximum Gasteiger partial charge on any atom is 0.407 e. The third-order valence-electron chi connectivity index (χ3n) is 3.26. The topological polar surface area (TPSA) is 72.8 Å². The molecule has 0 aliphatic carbocycles. The maximum absolute atomic E-state index is 10.8. The number of hydrogen-bond donors (Lipinski definition) is 3. The number of rotatable bonds is 3. The number of aliphatic hydroxyl groups excluding tert-OH is 1. The summed E-state index contributed by atoms with van der Waals surface area (Å²) in [6.45, 7) is 1.34. The molecule has 5 nitrogen and oxygen atoms in total. The minimum Gasteiger partial charge on any atom is -0.465 e. The Bertz CT molecular complexity index is 396. The molecule has 1 aromatic carbocycles. The minimum absolute atomic E-state index is 0.0409. The fourth-order valence-electron chi connectivity index (χ4n) is 2.19. The summed E-state index contributed by atoms with van der Waals surface area (Å²) in [5.74, 6) is 0. The first-order valence-corrected chi connectivity index (χ1v) is 6.10. The molecular formula is C13H18N2O3. The van der Waals surface area contributed by atoms with E-state index in [1.54, 1.807) is 0 Å². The summed E-state index contributed by atoms with van der Waals surface area (Å²) in [5.41, 5.74) is 1.16. The van der Waals surface area contributed by atoms with Crippen molar-refractivity contribution in [3.63, 3.8) is 0 Å². The Morgan fingerprint density at radius 3 is 2.72 bits per heavy atom. The average molecular weight is 250 g/mol. The molecule has 0 spiro atoms. The van der Waals surface area contributed by atoms with Crippen molar-refractivity contribution in [3.8, 4) is 0 Å². The molecule has 18 heavy (non-hydrogen) atoms. The van der Waals surface area contributed by atoms with Crippen LogP contribution in [-0.2, 0) is 6.54 Å². The van der Waals surface area contributed by atoms with Gasteiger partial charge in [0.1, 0.15) is 0 Å². The van der Waals surface area contributed by atoms with Crippen molar-refractivity contribution >= 4 is 6.09 Å². The highest BCUT2D eigenvalue weighted by Crippen LogP contribution is 2.12. The Hall–Kier alpha value is -1.59. The third-order valence-corrected chi connectivity index (χ3v) is 3.26. The van der Waals surface area contributed by atoms with E-state index in [0.29, 0.717) is 19.5 Å². The molecule has 0 aromatic heterocycles. The van der Waals surface area contributed by atoms with Crippen LogP contribution in [0, 0.1) is 0 Å². The van der Waals surface area contributed by atoms with Crippen molar-refractivity contribution in [2.75, 3.05) is 13.1 Å². The Kier molecular flexibility index (Phi) is 4.17. The molecule has 1 heterocycles. The number of nitrogens with zero attached hydrogens (tertiary/aromatic N) is 1. The van der Waals surface area contributed by atoms with Crippen LogP contribution in [0.3, 0.4) is 0 Å². The summed E-state index contributed by atoms with van der Waals surface area (Å²) in [6.07, 6.45) is -0.963. The van der Waals surface area contributed by atoms with Crippen LogP contribution in [-0.4, -0.2) is 46.4 Å². The smallest absolute Gasteiger partial charge is 0.407 e. The normalized spacial score (nSPS) is 23.9. The molecule has 1 aliphatic rings. The predicted octanol–water partition coefficient (Wildman–Crippen LogP) is 0.889.